The van der Waals surface area contributed by atoms with Gasteiger partial charge in [0.25, 0.3) is 5.78 Å². The Labute approximate surface area is 68.7 Å². The van der Waals surface area contributed by atoms with Crippen molar-refractivity contribution in [1.82, 2.24) is 4.90 Å². The van der Waals surface area contributed by atoms with Gasteiger partial charge >= 0.3 is 6.18 Å². The van der Waals surface area contributed by atoms with Crippen LogP contribution in [0.3, 0.4) is 0 Å². The average Bonchev–Trinajstić information content (AvgIpc) is 1.85. The van der Waals surface area contributed by atoms with Crippen LogP contribution in [0.15, 0.2) is 11.8 Å². The van der Waals surface area contributed by atoms with E-state index in [1.54, 1.807) is 14.1 Å². The zero-order valence-electron chi connectivity index (χ0n) is 7.07. The molecule has 0 fully saturated rings. The van der Waals surface area contributed by atoms with E-state index < -0.39 is 12.0 Å². The molecule has 0 aromatic heterocycles. The van der Waals surface area contributed by atoms with Crippen molar-refractivity contribution in [1.29, 1.82) is 0 Å². The van der Waals surface area contributed by atoms with Crippen LogP contribution in [0, 0.1) is 0 Å². The summed E-state index contributed by atoms with van der Waals surface area (Å²) >= 11 is 0. The summed E-state index contributed by atoms with van der Waals surface area (Å²) in [5.74, 6) is -1.83. The Bertz CT molecular complexity index is 205. The summed E-state index contributed by atoms with van der Waals surface area (Å²) < 4.78 is 35.0. The first-order chi connectivity index (χ1) is 5.25. The van der Waals surface area contributed by atoms with Gasteiger partial charge in [0.2, 0.25) is 0 Å². The minimum absolute atomic E-state index is 0.275. The van der Waals surface area contributed by atoms with Gasteiger partial charge in [0.05, 0.1) is 0 Å². The highest BCUT2D eigenvalue weighted by molar-refractivity contribution is 5.94. The highest BCUT2D eigenvalue weighted by Gasteiger charge is 2.36. The van der Waals surface area contributed by atoms with Gasteiger partial charge < -0.3 is 4.90 Å². The fourth-order valence-electron chi connectivity index (χ4n) is 0.401. The van der Waals surface area contributed by atoms with Crippen molar-refractivity contribution in [3.05, 3.63) is 11.8 Å². The number of rotatable bonds is 2. The number of carbonyl (C=O) groups is 1. The number of carbonyl (C=O) groups excluding carboxylic acids is 1. The quantitative estimate of drug-likeness (QED) is 0.603. The van der Waals surface area contributed by atoms with E-state index in [1.807, 2.05) is 0 Å². The third-order valence-electron chi connectivity index (χ3n) is 1.32. The molecule has 0 rings (SSSR count). The molecule has 70 valence electrons. The maximum atomic E-state index is 11.7. The fraction of sp³-hybridized carbons (Fsp3) is 0.571. The highest BCUT2D eigenvalue weighted by atomic mass is 19.4. The zero-order valence-corrected chi connectivity index (χ0v) is 7.07. The Morgan fingerprint density at radius 1 is 1.33 bits per heavy atom. The van der Waals surface area contributed by atoms with Crippen LogP contribution in [-0.2, 0) is 4.79 Å². The first kappa shape index (κ1) is 11.0. The second kappa shape index (κ2) is 3.60. The number of ketones is 1. The third kappa shape index (κ3) is 3.41. The molecule has 0 saturated carbocycles. The molecule has 0 amide bonds. The predicted molar refractivity (Wildman–Crippen MR) is 38.5 cm³/mol. The second-order valence-electron chi connectivity index (χ2n) is 2.54. The number of allylic oxidation sites excluding steroid dienone is 2. The van der Waals surface area contributed by atoms with Crippen molar-refractivity contribution in [2.45, 2.75) is 13.1 Å². The van der Waals surface area contributed by atoms with Crippen LogP contribution in [-0.4, -0.2) is 31.0 Å². The van der Waals surface area contributed by atoms with Gasteiger partial charge in [0.1, 0.15) is 0 Å². The fourth-order valence-corrected chi connectivity index (χ4v) is 0.401. The SMILES string of the molecule is C/C(=C\C(=O)C(F)(F)F)N(C)C. The minimum atomic E-state index is -4.77. The van der Waals surface area contributed by atoms with Crippen molar-refractivity contribution >= 4 is 5.78 Å². The topological polar surface area (TPSA) is 20.3 Å². The van der Waals surface area contributed by atoms with Gasteiger partial charge in [0.15, 0.2) is 0 Å². The molecule has 0 bridgehead atoms. The molecule has 0 unspecified atom stereocenters. The summed E-state index contributed by atoms with van der Waals surface area (Å²) in [4.78, 5) is 11.8. The van der Waals surface area contributed by atoms with Crippen molar-refractivity contribution in [2.75, 3.05) is 14.1 Å². The molecule has 0 saturated heterocycles. The number of hydrogen-bond donors (Lipinski definition) is 0. The minimum Gasteiger partial charge on any atom is -0.381 e. The molecule has 12 heavy (non-hydrogen) atoms. The van der Waals surface area contributed by atoms with Crippen LogP contribution in [0.25, 0.3) is 0 Å². The molecule has 0 aromatic carbocycles. The van der Waals surface area contributed by atoms with Crippen molar-refractivity contribution in [2.24, 2.45) is 0 Å². The van der Waals surface area contributed by atoms with Crippen LogP contribution in [0.5, 0.6) is 0 Å². The van der Waals surface area contributed by atoms with Gasteiger partial charge in [-0.15, -0.1) is 0 Å². The maximum absolute atomic E-state index is 11.7. The van der Waals surface area contributed by atoms with Crippen molar-refractivity contribution in [3.8, 4) is 0 Å². The van der Waals surface area contributed by atoms with Crippen LogP contribution >= 0.6 is 0 Å². The van der Waals surface area contributed by atoms with E-state index in [9.17, 15) is 18.0 Å². The highest BCUT2D eigenvalue weighted by Crippen LogP contribution is 2.17. The van der Waals surface area contributed by atoms with E-state index >= 15 is 0 Å². The molecule has 5 heteroatoms. The number of halogens is 3. The summed E-state index contributed by atoms with van der Waals surface area (Å²) in [6, 6.07) is 0. The van der Waals surface area contributed by atoms with E-state index in [0.717, 1.165) is 0 Å². The molecule has 0 aliphatic rings. The molecule has 0 atom stereocenters. The lowest BCUT2D eigenvalue weighted by Crippen LogP contribution is -2.22. The summed E-state index contributed by atoms with van der Waals surface area (Å²) in [6.45, 7) is 1.43. The lowest BCUT2D eigenvalue weighted by Gasteiger charge is -2.12. The van der Waals surface area contributed by atoms with Crippen LogP contribution < -0.4 is 0 Å². The summed E-state index contributed by atoms with van der Waals surface area (Å²) in [5.41, 5.74) is 0.275. The number of hydrogen-bond acceptors (Lipinski definition) is 2. The lowest BCUT2D eigenvalue weighted by atomic mass is 10.3. The molecule has 0 aromatic rings. The van der Waals surface area contributed by atoms with Gasteiger partial charge in [0, 0.05) is 25.9 Å². The molecule has 0 radical (unpaired) electrons. The standard InChI is InChI=1S/C7H10F3NO/c1-5(11(2)3)4-6(12)7(8,9)10/h4H,1-3H3/b5-4+. The predicted octanol–water partition coefficient (Wildman–Crippen LogP) is 1.58. The van der Waals surface area contributed by atoms with Gasteiger partial charge in [-0.25, -0.2) is 0 Å². The first-order valence-corrected chi connectivity index (χ1v) is 3.22. The lowest BCUT2D eigenvalue weighted by molar-refractivity contribution is -0.165. The second-order valence-corrected chi connectivity index (χ2v) is 2.54. The van der Waals surface area contributed by atoms with E-state index in [2.05, 4.69) is 0 Å². The van der Waals surface area contributed by atoms with Gasteiger partial charge in [-0.1, -0.05) is 0 Å². The number of nitrogens with zero attached hydrogens (tertiary/aromatic N) is 1. The van der Waals surface area contributed by atoms with Crippen LogP contribution in [0.2, 0.25) is 0 Å². The molecular weight excluding hydrogens is 171 g/mol. The van der Waals surface area contributed by atoms with Crippen LogP contribution in [0.1, 0.15) is 6.92 Å². The van der Waals surface area contributed by atoms with E-state index in [1.165, 1.54) is 11.8 Å². The normalized spacial score (nSPS) is 13.0. The molecule has 0 heterocycles. The monoisotopic (exact) mass is 181 g/mol. The average molecular weight is 181 g/mol. The third-order valence-corrected chi connectivity index (χ3v) is 1.32. The molecular formula is C7H10F3NO. The Kier molecular flexibility index (Phi) is 3.30. The number of alkyl halides is 3. The maximum Gasteiger partial charge on any atom is 0.454 e. The Morgan fingerprint density at radius 2 is 1.75 bits per heavy atom. The smallest absolute Gasteiger partial charge is 0.381 e. The first-order valence-electron chi connectivity index (χ1n) is 3.22. The Balaban J connectivity index is 4.46. The largest absolute Gasteiger partial charge is 0.454 e. The van der Waals surface area contributed by atoms with E-state index in [-0.39, 0.29) is 5.70 Å². The van der Waals surface area contributed by atoms with Crippen molar-refractivity contribution in [3.63, 3.8) is 0 Å². The Morgan fingerprint density at radius 3 is 2.00 bits per heavy atom. The van der Waals surface area contributed by atoms with Crippen molar-refractivity contribution < 1.29 is 18.0 Å². The van der Waals surface area contributed by atoms with E-state index in [4.69, 9.17) is 0 Å². The molecule has 0 spiro atoms. The molecule has 0 N–H and O–H groups in total. The molecule has 0 aliphatic heterocycles. The van der Waals surface area contributed by atoms with Gasteiger partial charge in [-0.05, 0) is 6.92 Å². The van der Waals surface area contributed by atoms with Gasteiger partial charge in [-0.3, -0.25) is 4.79 Å². The Hall–Kier alpha value is -1.00. The van der Waals surface area contributed by atoms with E-state index in [0.29, 0.717) is 6.08 Å². The van der Waals surface area contributed by atoms with Crippen LogP contribution in [0.4, 0.5) is 13.2 Å². The summed E-state index contributed by atoms with van der Waals surface area (Å²) in [6.07, 6.45) is -4.20. The molecule has 0 aliphatic carbocycles. The van der Waals surface area contributed by atoms with Gasteiger partial charge in [-0.2, -0.15) is 13.2 Å². The summed E-state index contributed by atoms with van der Waals surface area (Å²) in [5, 5.41) is 0. The molecule has 2 nitrogen and oxygen atoms in total. The zero-order chi connectivity index (χ0) is 9.94. The summed E-state index contributed by atoms with van der Waals surface area (Å²) in [7, 11) is 3.13.